The van der Waals surface area contributed by atoms with Crippen molar-refractivity contribution >= 4 is 25.7 Å². The summed E-state index contributed by atoms with van der Waals surface area (Å²) in [5.74, 6) is -2.38. The summed E-state index contributed by atoms with van der Waals surface area (Å²) in [7, 11) is -4.69. The Morgan fingerprint density at radius 3 is 1.37 bits per heavy atom. The van der Waals surface area contributed by atoms with Gasteiger partial charge in [0.1, 0.15) is 12.6 Å². The summed E-state index contributed by atoms with van der Waals surface area (Å²) in [4.78, 5) is 45.5. The molecule has 0 amide bonds. The van der Waals surface area contributed by atoms with Gasteiger partial charge in [-0.1, -0.05) is 142 Å². The fourth-order valence-electron chi connectivity index (χ4n) is 4.95. The fraction of sp³-hybridized carbons (Fsp3) is 0.912. The third-order valence-electron chi connectivity index (χ3n) is 7.86. The van der Waals surface area contributed by atoms with Gasteiger partial charge in [-0.25, -0.2) is 4.57 Å². The lowest BCUT2D eigenvalue weighted by Gasteiger charge is -2.20. The van der Waals surface area contributed by atoms with Crippen LogP contribution in [-0.2, 0) is 37.5 Å². The summed E-state index contributed by atoms with van der Waals surface area (Å²) in [6.45, 7) is 2.74. The number of esters is 2. The van der Waals surface area contributed by atoms with Crippen molar-refractivity contribution in [1.82, 2.24) is 0 Å². The van der Waals surface area contributed by atoms with Gasteiger partial charge in [-0.2, -0.15) is 0 Å². The van der Waals surface area contributed by atoms with Crippen LogP contribution >= 0.6 is 7.82 Å². The maximum Gasteiger partial charge on any atom is 0.472 e. The number of phosphoric acid groups is 1. The first-order valence-electron chi connectivity index (χ1n) is 18.1. The molecule has 0 rings (SSSR count). The van der Waals surface area contributed by atoms with Gasteiger partial charge >= 0.3 is 25.7 Å². The molecule has 0 saturated heterocycles. The molecule has 0 aromatic rings. The molecule has 0 aliphatic heterocycles. The molecular formula is C34H66NO10P. The lowest BCUT2D eigenvalue weighted by Crippen LogP contribution is -2.34. The maximum absolute atomic E-state index is 12.5. The molecular weight excluding hydrogens is 613 g/mol. The topological polar surface area (TPSA) is 172 Å². The number of carboxylic acids is 1. The number of rotatable bonds is 34. The Hall–Kier alpha value is -1.52. The molecule has 0 bridgehead atoms. The number of nitrogens with two attached hydrogens (primary N) is 1. The zero-order valence-electron chi connectivity index (χ0n) is 28.9. The van der Waals surface area contributed by atoms with Crippen molar-refractivity contribution in [2.24, 2.45) is 5.73 Å². The second-order valence-electron chi connectivity index (χ2n) is 12.4. The zero-order chi connectivity index (χ0) is 34.3. The Labute approximate surface area is 278 Å². The van der Waals surface area contributed by atoms with Crippen LogP contribution in [0.15, 0.2) is 0 Å². The van der Waals surface area contributed by atoms with Gasteiger partial charge in [-0.05, 0) is 12.8 Å². The molecule has 11 nitrogen and oxygen atoms in total. The van der Waals surface area contributed by atoms with Crippen molar-refractivity contribution in [3.63, 3.8) is 0 Å². The van der Waals surface area contributed by atoms with E-state index in [-0.39, 0.29) is 19.4 Å². The van der Waals surface area contributed by atoms with E-state index in [0.717, 1.165) is 38.5 Å². The van der Waals surface area contributed by atoms with Gasteiger partial charge in [-0.15, -0.1) is 0 Å². The number of hydrogen-bond acceptors (Lipinski definition) is 9. The quantitative estimate of drug-likeness (QED) is 0.0339. The summed E-state index contributed by atoms with van der Waals surface area (Å²) >= 11 is 0. The largest absolute Gasteiger partial charge is 0.480 e. The Morgan fingerprint density at radius 2 is 0.957 bits per heavy atom. The predicted molar refractivity (Wildman–Crippen MR) is 180 cm³/mol. The molecule has 4 N–H and O–H groups in total. The maximum atomic E-state index is 12.5. The van der Waals surface area contributed by atoms with E-state index in [4.69, 9.17) is 24.8 Å². The summed E-state index contributed by atoms with van der Waals surface area (Å²) < 4.78 is 32.4. The molecule has 0 fully saturated rings. The van der Waals surface area contributed by atoms with Crippen molar-refractivity contribution in [3.05, 3.63) is 0 Å². The third kappa shape index (κ3) is 29.9. The van der Waals surface area contributed by atoms with Crippen molar-refractivity contribution < 1.29 is 47.5 Å². The van der Waals surface area contributed by atoms with Gasteiger partial charge in [0.15, 0.2) is 6.10 Å². The van der Waals surface area contributed by atoms with E-state index in [0.29, 0.717) is 12.8 Å². The van der Waals surface area contributed by atoms with Gasteiger partial charge in [0.25, 0.3) is 0 Å². The highest BCUT2D eigenvalue weighted by atomic mass is 31.2. The summed E-state index contributed by atoms with van der Waals surface area (Å²) in [5, 5.41) is 8.83. The number of hydrogen-bond donors (Lipinski definition) is 3. The number of ether oxygens (including phenoxy) is 2. The molecule has 12 heteroatoms. The van der Waals surface area contributed by atoms with E-state index in [2.05, 4.69) is 18.4 Å². The fourth-order valence-corrected chi connectivity index (χ4v) is 5.72. The van der Waals surface area contributed by atoms with E-state index < -0.39 is 51.1 Å². The highest BCUT2D eigenvalue weighted by Gasteiger charge is 2.28. The minimum Gasteiger partial charge on any atom is -0.480 e. The Kier molecular flexibility index (Phi) is 29.8. The van der Waals surface area contributed by atoms with Crippen LogP contribution in [0.3, 0.4) is 0 Å². The normalized spacial score (nSPS) is 14.0. The molecule has 0 aliphatic rings. The average Bonchev–Trinajstić information content (AvgIpc) is 3.02. The molecule has 0 aromatic carbocycles. The molecule has 0 aliphatic carbocycles. The molecule has 272 valence electrons. The Morgan fingerprint density at radius 1 is 0.587 bits per heavy atom. The first kappa shape index (κ1) is 44.5. The van der Waals surface area contributed by atoms with Crippen LogP contribution in [0.2, 0.25) is 0 Å². The standard InChI is InChI=1S/C34H66NO10P/c1-3-5-7-9-11-12-13-14-15-16-17-18-20-22-24-26-33(37)45-30(28-43-46(40,41)44-29-31(35)34(38)39)27-42-32(36)25-23-21-19-10-8-6-4-2/h30-31H,3-29,35H2,1-2H3,(H,38,39)(H,40,41). The number of carbonyl (C=O) groups is 3. The van der Waals surface area contributed by atoms with Crippen LogP contribution in [0.4, 0.5) is 0 Å². The first-order valence-corrected chi connectivity index (χ1v) is 19.6. The van der Waals surface area contributed by atoms with Crippen LogP contribution < -0.4 is 5.73 Å². The van der Waals surface area contributed by atoms with E-state index in [9.17, 15) is 23.8 Å². The summed E-state index contributed by atoms with van der Waals surface area (Å²) in [6, 6.07) is -1.51. The van der Waals surface area contributed by atoms with E-state index >= 15 is 0 Å². The highest BCUT2D eigenvalue weighted by Crippen LogP contribution is 2.43. The van der Waals surface area contributed by atoms with Gasteiger partial charge < -0.3 is 25.2 Å². The van der Waals surface area contributed by atoms with Crippen molar-refractivity contribution in [2.75, 3.05) is 19.8 Å². The lowest BCUT2D eigenvalue weighted by molar-refractivity contribution is -0.161. The Balaban J connectivity index is 4.38. The monoisotopic (exact) mass is 679 g/mol. The molecule has 0 saturated carbocycles. The number of carbonyl (C=O) groups excluding carboxylic acids is 2. The van der Waals surface area contributed by atoms with Crippen LogP contribution in [0.5, 0.6) is 0 Å². The molecule has 0 radical (unpaired) electrons. The minimum absolute atomic E-state index is 0.168. The SMILES string of the molecule is CCCCCCCCCCCCCCCCCC(=O)OC(COC(=O)CCCCCCCCC)COP(=O)(O)OCC(N)C(=O)O. The van der Waals surface area contributed by atoms with Gasteiger partial charge in [-0.3, -0.25) is 23.4 Å². The van der Waals surface area contributed by atoms with Crippen molar-refractivity contribution in [1.29, 1.82) is 0 Å². The number of aliphatic carboxylic acids is 1. The molecule has 0 aromatic heterocycles. The van der Waals surface area contributed by atoms with E-state index in [1.807, 2.05) is 0 Å². The molecule has 0 spiro atoms. The van der Waals surface area contributed by atoms with Crippen LogP contribution in [0.25, 0.3) is 0 Å². The van der Waals surface area contributed by atoms with Crippen LogP contribution in [0, 0.1) is 0 Å². The molecule has 46 heavy (non-hydrogen) atoms. The zero-order valence-corrected chi connectivity index (χ0v) is 29.8. The second-order valence-corrected chi connectivity index (χ2v) is 13.8. The third-order valence-corrected chi connectivity index (χ3v) is 8.81. The van der Waals surface area contributed by atoms with Crippen molar-refractivity contribution in [3.8, 4) is 0 Å². The van der Waals surface area contributed by atoms with Crippen LogP contribution in [0.1, 0.15) is 168 Å². The summed E-state index contributed by atoms with van der Waals surface area (Å²) in [5.41, 5.74) is 5.30. The second kappa shape index (κ2) is 30.8. The number of carboxylic acid groups (broad SMARTS) is 1. The van der Waals surface area contributed by atoms with E-state index in [1.165, 1.54) is 89.9 Å². The predicted octanol–water partition coefficient (Wildman–Crippen LogP) is 8.39. The first-order chi connectivity index (χ1) is 22.1. The number of unbranched alkanes of at least 4 members (excludes halogenated alkanes) is 20. The molecule has 3 unspecified atom stereocenters. The highest BCUT2D eigenvalue weighted by molar-refractivity contribution is 7.47. The smallest absolute Gasteiger partial charge is 0.472 e. The van der Waals surface area contributed by atoms with Gasteiger partial charge in [0, 0.05) is 12.8 Å². The Bertz CT molecular complexity index is 813. The van der Waals surface area contributed by atoms with Crippen molar-refractivity contribution in [2.45, 2.75) is 180 Å². The van der Waals surface area contributed by atoms with Gasteiger partial charge in [0.2, 0.25) is 0 Å². The van der Waals surface area contributed by atoms with Gasteiger partial charge in [0.05, 0.1) is 13.2 Å². The number of phosphoric ester groups is 1. The summed E-state index contributed by atoms with van der Waals surface area (Å²) in [6.07, 6.45) is 24.8. The molecule has 3 atom stereocenters. The van der Waals surface area contributed by atoms with E-state index in [1.54, 1.807) is 0 Å². The van der Waals surface area contributed by atoms with Crippen LogP contribution in [-0.4, -0.2) is 59.9 Å². The lowest BCUT2D eigenvalue weighted by atomic mass is 10.0. The minimum atomic E-state index is -4.69. The average molecular weight is 680 g/mol. The molecule has 0 heterocycles.